The molecular formula is C15H19N5O2. The maximum absolute atomic E-state index is 12.4. The van der Waals surface area contributed by atoms with Gasteiger partial charge in [-0.15, -0.1) is 0 Å². The monoisotopic (exact) mass is 301 g/mol. The van der Waals surface area contributed by atoms with Crippen LogP contribution in [-0.2, 0) is 6.42 Å². The lowest BCUT2D eigenvalue weighted by Gasteiger charge is -2.32. The lowest BCUT2D eigenvalue weighted by atomic mass is 9.92. The van der Waals surface area contributed by atoms with Gasteiger partial charge in [-0.1, -0.05) is 0 Å². The minimum Gasteiger partial charge on any atom is -0.337 e. The van der Waals surface area contributed by atoms with Crippen LogP contribution >= 0.6 is 0 Å². The van der Waals surface area contributed by atoms with E-state index in [1.807, 2.05) is 18.0 Å². The molecule has 0 aliphatic carbocycles. The molecule has 2 aromatic rings. The Labute approximate surface area is 127 Å². The molecule has 3 rings (SSSR count). The van der Waals surface area contributed by atoms with Gasteiger partial charge in [0.15, 0.2) is 0 Å². The van der Waals surface area contributed by atoms with Crippen molar-refractivity contribution in [1.29, 1.82) is 0 Å². The van der Waals surface area contributed by atoms with E-state index in [4.69, 9.17) is 0 Å². The topological polar surface area (TPSA) is 94.7 Å². The Kier molecular flexibility index (Phi) is 4.04. The predicted molar refractivity (Wildman–Crippen MR) is 80.5 cm³/mol. The van der Waals surface area contributed by atoms with E-state index in [9.17, 15) is 9.59 Å². The molecule has 0 radical (unpaired) electrons. The molecular weight excluding hydrogens is 282 g/mol. The molecule has 1 amide bonds. The SMILES string of the molecule is Cc1cn[nH]c1C[C@H]1CCCN(C(=O)c2ccc(=O)[nH]n2)C1. The van der Waals surface area contributed by atoms with Crippen molar-refractivity contribution in [2.45, 2.75) is 26.2 Å². The fraction of sp³-hybridized carbons (Fsp3) is 0.467. The first-order valence-corrected chi connectivity index (χ1v) is 7.47. The zero-order chi connectivity index (χ0) is 15.5. The molecule has 3 heterocycles. The number of hydrogen-bond acceptors (Lipinski definition) is 4. The summed E-state index contributed by atoms with van der Waals surface area (Å²) in [6.07, 6.45) is 4.80. The Hall–Kier alpha value is -2.44. The van der Waals surface area contributed by atoms with Crippen LogP contribution in [0.15, 0.2) is 23.1 Å². The molecule has 7 nitrogen and oxygen atoms in total. The average Bonchev–Trinajstić information content (AvgIpc) is 2.93. The summed E-state index contributed by atoms with van der Waals surface area (Å²) in [5.41, 5.74) is 2.29. The van der Waals surface area contributed by atoms with E-state index < -0.39 is 0 Å². The van der Waals surface area contributed by atoms with E-state index in [1.54, 1.807) is 0 Å². The fourth-order valence-corrected chi connectivity index (χ4v) is 2.91. The van der Waals surface area contributed by atoms with Crippen LogP contribution in [0.4, 0.5) is 0 Å². The fourth-order valence-electron chi connectivity index (χ4n) is 2.91. The average molecular weight is 301 g/mol. The van der Waals surface area contributed by atoms with E-state index in [0.29, 0.717) is 12.5 Å². The van der Waals surface area contributed by atoms with Gasteiger partial charge in [0.2, 0.25) is 0 Å². The third-order valence-electron chi connectivity index (χ3n) is 4.13. The van der Waals surface area contributed by atoms with Crippen molar-refractivity contribution in [3.8, 4) is 0 Å². The van der Waals surface area contributed by atoms with Gasteiger partial charge >= 0.3 is 0 Å². The Bertz CT molecular complexity index is 700. The standard InChI is InChI=1S/C15H19N5O2/c1-10-8-16-17-13(10)7-11-3-2-6-20(9-11)15(22)12-4-5-14(21)19-18-12/h4-5,8,11H,2-3,6-7,9H2,1H3,(H,16,17)(H,19,21)/t11-/m1/s1. The van der Waals surface area contributed by atoms with E-state index >= 15 is 0 Å². The van der Waals surface area contributed by atoms with Crippen LogP contribution < -0.4 is 5.56 Å². The molecule has 22 heavy (non-hydrogen) atoms. The van der Waals surface area contributed by atoms with Crippen molar-refractivity contribution in [3.63, 3.8) is 0 Å². The van der Waals surface area contributed by atoms with E-state index in [1.165, 1.54) is 12.1 Å². The maximum Gasteiger partial charge on any atom is 0.274 e. The highest BCUT2D eigenvalue weighted by molar-refractivity contribution is 5.92. The van der Waals surface area contributed by atoms with Crippen LogP contribution in [0.3, 0.4) is 0 Å². The molecule has 2 aromatic heterocycles. The molecule has 0 aromatic carbocycles. The molecule has 116 valence electrons. The number of rotatable bonds is 3. The summed E-state index contributed by atoms with van der Waals surface area (Å²) in [6.45, 7) is 3.48. The highest BCUT2D eigenvalue weighted by Crippen LogP contribution is 2.22. The molecule has 7 heteroatoms. The van der Waals surface area contributed by atoms with Gasteiger partial charge in [-0.25, -0.2) is 5.10 Å². The third kappa shape index (κ3) is 3.08. The predicted octanol–water partition coefficient (Wildman–Crippen LogP) is 0.896. The van der Waals surface area contributed by atoms with Crippen molar-refractivity contribution >= 4 is 5.91 Å². The second-order valence-electron chi connectivity index (χ2n) is 5.80. The van der Waals surface area contributed by atoms with Crippen LogP contribution in [-0.4, -0.2) is 44.3 Å². The zero-order valence-electron chi connectivity index (χ0n) is 12.5. The highest BCUT2D eigenvalue weighted by Gasteiger charge is 2.26. The first-order chi connectivity index (χ1) is 10.6. The molecule has 1 aliphatic rings. The number of aromatic amines is 2. The number of amides is 1. The van der Waals surface area contributed by atoms with Crippen molar-refractivity contribution in [2.75, 3.05) is 13.1 Å². The third-order valence-corrected chi connectivity index (χ3v) is 4.13. The highest BCUT2D eigenvalue weighted by atomic mass is 16.2. The number of nitrogens with one attached hydrogen (secondary N) is 2. The van der Waals surface area contributed by atoms with Gasteiger partial charge in [-0.3, -0.25) is 14.7 Å². The van der Waals surface area contributed by atoms with Gasteiger partial charge in [-0.05, 0) is 43.7 Å². The van der Waals surface area contributed by atoms with Crippen molar-refractivity contribution < 1.29 is 4.79 Å². The van der Waals surface area contributed by atoms with Gasteiger partial charge in [0, 0.05) is 24.8 Å². The zero-order valence-corrected chi connectivity index (χ0v) is 12.5. The molecule has 1 saturated heterocycles. The summed E-state index contributed by atoms with van der Waals surface area (Å²) in [7, 11) is 0. The van der Waals surface area contributed by atoms with Crippen LogP contribution in [0.2, 0.25) is 0 Å². The van der Waals surface area contributed by atoms with E-state index in [2.05, 4.69) is 20.4 Å². The Morgan fingerprint density at radius 3 is 2.95 bits per heavy atom. The van der Waals surface area contributed by atoms with Gasteiger partial charge in [-0.2, -0.15) is 10.2 Å². The lowest BCUT2D eigenvalue weighted by Crippen LogP contribution is -2.41. The minimum absolute atomic E-state index is 0.123. The summed E-state index contributed by atoms with van der Waals surface area (Å²) in [5, 5.41) is 13.2. The second kappa shape index (κ2) is 6.13. The molecule has 0 unspecified atom stereocenters. The smallest absolute Gasteiger partial charge is 0.274 e. The van der Waals surface area contributed by atoms with Crippen LogP contribution in [0, 0.1) is 12.8 Å². The summed E-state index contributed by atoms with van der Waals surface area (Å²) in [5.74, 6) is 0.293. The molecule has 1 atom stereocenters. The number of piperidine rings is 1. The Balaban J connectivity index is 1.67. The molecule has 2 N–H and O–H groups in total. The van der Waals surface area contributed by atoms with Gasteiger partial charge in [0.25, 0.3) is 11.5 Å². The molecule has 1 aliphatic heterocycles. The van der Waals surface area contributed by atoms with Crippen LogP contribution in [0.25, 0.3) is 0 Å². The summed E-state index contributed by atoms with van der Waals surface area (Å²) in [4.78, 5) is 25.3. The normalized spacial score (nSPS) is 18.4. The maximum atomic E-state index is 12.4. The van der Waals surface area contributed by atoms with Crippen LogP contribution in [0.1, 0.15) is 34.6 Å². The van der Waals surface area contributed by atoms with E-state index in [0.717, 1.165) is 37.1 Å². The number of carbonyl (C=O) groups is 1. The number of likely N-dealkylation sites (tertiary alicyclic amines) is 1. The number of H-pyrrole nitrogens is 2. The summed E-state index contributed by atoms with van der Waals surface area (Å²) < 4.78 is 0. The van der Waals surface area contributed by atoms with Crippen LogP contribution in [0.5, 0.6) is 0 Å². The van der Waals surface area contributed by atoms with Gasteiger partial charge in [0.05, 0.1) is 6.20 Å². The first kappa shape index (κ1) is 14.5. The molecule has 0 bridgehead atoms. The van der Waals surface area contributed by atoms with E-state index in [-0.39, 0.29) is 17.2 Å². The number of aromatic nitrogens is 4. The van der Waals surface area contributed by atoms with Crippen molar-refractivity contribution in [1.82, 2.24) is 25.3 Å². The van der Waals surface area contributed by atoms with Crippen molar-refractivity contribution in [3.05, 3.63) is 45.6 Å². The first-order valence-electron chi connectivity index (χ1n) is 7.47. The van der Waals surface area contributed by atoms with Gasteiger partial charge < -0.3 is 4.90 Å². The lowest BCUT2D eigenvalue weighted by molar-refractivity contribution is 0.0665. The molecule has 0 saturated carbocycles. The molecule has 0 spiro atoms. The Morgan fingerprint density at radius 1 is 1.41 bits per heavy atom. The summed E-state index contributed by atoms with van der Waals surface area (Å²) >= 11 is 0. The Morgan fingerprint density at radius 2 is 2.27 bits per heavy atom. The quantitative estimate of drug-likeness (QED) is 0.880. The molecule has 1 fully saturated rings. The number of aryl methyl sites for hydroxylation is 1. The van der Waals surface area contributed by atoms with Gasteiger partial charge in [0.1, 0.15) is 5.69 Å². The second-order valence-corrected chi connectivity index (χ2v) is 5.80. The van der Waals surface area contributed by atoms with Crippen molar-refractivity contribution in [2.24, 2.45) is 5.92 Å². The number of hydrogen-bond donors (Lipinski definition) is 2. The minimum atomic E-state index is -0.303. The largest absolute Gasteiger partial charge is 0.337 e. The number of nitrogens with zero attached hydrogens (tertiary/aromatic N) is 3. The summed E-state index contributed by atoms with van der Waals surface area (Å²) in [6, 6.07) is 2.81. The number of carbonyl (C=O) groups excluding carboxylic acids is 1.